The molecular weight excluding hydrogens is 372 g/mol. The lowest BCUT2D eigenvalue weighted by Gasteiger charge is -2.18. The van der Waals surface area contributed by atoms with Crippen molar-refractivity contribution < 1.29 is 9.59 Å². The standard InChI is InChI=1S/C26H24N2O2/c1-16-10-12-21(18(3)14-16)23-24(27-20-8-6-5-7-9-20)26(30)28(25(23)29)22-13-11-17(2)15-19(22)4/h5-15,27H,1-4H3. The van der Waals surface area contributed by atoms with Crippen molar-refractivity contribution in [3.05, 3.63) is 100 Å². The minimum Gasteiger partial charge on any atom is -0.350 e. The molecule has 1 aliphatic heterocycles. The first kappa shape index (κ1) is 19.6. The van der Waals surface area contributed by atoms with Gasteiger partial charge in [0.15, 0.2) is 0 Å². The van der Waals surface area contributed by atoms with E-state index in [2.05, 4.69) is 5.32 Å². The minimum absolute atomic E-state index is 0.304. The summed E-state index contributed by atoms with van der Waals surface area (Å²) in [6.45, 7) is 7.89. The van der Waals surface area contributed by atoms with Crippen molar-refractivity contribution in [2.45, 2.75) is 27.7 Å². The summed E-state index contributed by atoms with van der Waals surface area (Å²) >= 11 is 0. The van der Waals surface area contributed by atoms with E-state index in [1.165, 1.54) is 4.90 Å². The van der Waals surface area contributed by atoms with Crippen LogP contribution in [0.25, 0.3) is 5.57 Å². The number of carbonyl (C=O) groups is 2. The van der Waals surface area contributed by atoms with Crippen LogP contribution in [0.15, 0.2) is 72.4 Å². The Morgan fingerprint density at radius 3 is 1.97 bits per heavy atom. The average molecular weight is 396 g/mol. The summed E-state index contributed by atoms with van der Waals surface area (Å²) in [6.07, 6.45) is 0. The van der Waals surface area contributed by atoms with Gasteiger partial charge < -0.3 is 5.32 Å². The molecule has 4 nitrogen and oxygen atoms in total. The van der Waals surface area contributed by atoms with Crippen molar-refractivity contribution in [3.63, 3.8) is 0 Å². The lowest BCUT2D eigenvalue weighted by molar-refractivity contribution is -0.120. The van der Waals surface area contributed by atoms with Crippen LogP contribution in [0.3, 0.4) is 0 Å². The van der Waals surface area contributed by atoms with Crippen LogP contribution < -0.4 is 10.2 Å². The summed E-state index contributed by atoms with van der Waals surface area (Å²) in [7, 11) is 0. The van der Waals surface area contributed by atoms with Gasteiger partial charge in [0.2, 0.25) is 0 Å². The normalized spacial score (nSPS) is 13.9. The second kappa shape index (κ2) is 7.64. The lowest BCUT2D eigenvalue weighted by Crippen LogP contribution is -2.33. The first-order chi connectivity index (χ1) is 14.4. The van der Waals surface area contributed by atoms with Gasteiger partial charge in [-0.2, -0.15) is 0 Å². The van der Waals surface area contributed by atoms with E-state index >= 15 is 0 Å². The molecule has 0 aliphatic carbocycles. The fourth-order valence-corrected chi connectivity index (χ4v) is 3.93. The third kappa shape index (κ3) is 3.41. The maximum absolute atomic E-state index is 13.6. The highest BCUT2D eigenvalue weighted by Gasteiger charge is 2.41. The van der Waals surface area contributed by atoms with Crippen LogP contribution in [-0.4, -0.2) is 11.8 Å². The Bertz CT molecular complexity index is 1190. The number of hydrogen-bond donors (Lipinski definition) is 1. The molecule has 4 heteroatoms. The van der Waals surface area contributed by atoms with Gasteiger partial charge in [-0.15, -0.1) is 0 Å². The second-order valence-electron chi connectivity index (χ2n) is 7.80. The van der Waals surface area contributed by atoms with Crippen molar-refractivity contribution in [2.75, 3.05) is 10.2 Å². The molecule has 0 aromatic heterocycles. The van der Waals surface area contributed by atoms with Gasteiger partial charge in [-0.3, -0.25) is 9.59 Å². The summed E-state index contributed by atoms with van der Waals surface area (Å²) in [5, 5.41) is 3.21. The summed E-state index contributed by atoms with van der Waals surface area (Å²) < 4.78 is 0. The number of anilines is 2. The molecule has 2 amide bonds. The van der Waals surface area contributed by atoms with Gasteiger partial charge in [-0.25, -0.2) is 4.90 Å². The van der Waals surface area contributed by atoms with E-state index in [1.807, 2.05) is 94.4 Å². The first-order valence-corrected chi connectivity index (χ1v) is 9.97. The Hall–Kier alpha value is -3.66. The van der Waals surface area contributed by atoms with E-state index in [0.717, 1.165) is 33.5 Å². The number of imide groups is 1. The molecule has 0 atom stereocenters. The molecule has 0 spiro atoms. The number of rotatable bonds is 4. The molecule has 1 aliphatic rings. The fraction of sp³-hybridized carbons (Fsp3) is 0.154. The highest BCUT2D eigenvalue weighted by atomic mass is 16.2. The summed E-state index contributed by atoms with van der Waals surface area (Å²) in [6, 6.07) is 21.1. The number of nitrogens with zero attached hydrogens (tertiary/aromatic N) is 1. The molecule has 0 fully saturated rings. The Morgan fingerprint density at radius 2 is 1.33 bits per heavy atom. The number of aryl methyl sites for hydroxylation is 4. The average Bonchev–Trinajstić information content (AvgIpc) is 2.93. The molecule has 3 aromatic rings. The molecule has 150 valence electrons. The summed E-state index contributed by atoms with van der Waals surface area (Å²) in [5.41, 5.74) is 6.89. The number of para-hydroxylation sites is 1. The van der Waals surface area contributed by atoms with Gasteiger partial charge in [-0.1, -0.05) is 59.7 Å². The van der Waals surface area contributed by atoms with Crippen molar-refractivity contribution in [1.29, 1.82) is 0 Å². The molecule has 1 heterocycles. The van der Waals surface area contributed by atoms with Crippen LogP contribution in [0, 0.1) is 27.7 Å². The van der Waals surface area contributed by atoms with Crippen molar-refractivity contribution in [1.82, 2.24) is 0 Å². The quantitative estimate of drug-likeness (QED) is 0.608. The zero-order valence-corrected chi connectivity index (χ0v) is 17.6. The van der Waals surface area contributed by atoms with E-state index < -0.39 is 0 Å². The van der Waals surface area contributed by atoms with Gasteiger partial charge in [-0.05, 0) is 62.6 Å². The fourth-order valence-electron chi connectivity index (χ4n) is 3.93. The summed E-state index contributed by atoms with van der Waals surface area (Å²) in [5.74, 6) is -0.650. The summed E-state index contributed by atoms with van der Waals surface area (Å²) in [4.78, 5) is 28.4. The smallest absolute Gasteiger partial charge is 0.282 e. The van der Waals surface area contributed by atoms with Crippen LogP contribution in [0.1, 0.15) is 27.8 Å². The van der Waals surface area contributed by atoms with Gasteiger partial charge in [0.1, 0.15) is 5.70 Å². The van der Waals surface area contributed by atoms with Gasteiger partial charge in [0.05, 0.1) is 11.3 Å². The van der Waals surface area contributed by atoms with Crippen molar-refractivity contribution >= 4 is 28.8 Å². The van der Waals surface area contributed by atoms with E-state index in [1.54, 1.807) is 0 Å². The highest BCUT2D eigenvalue weighted by Crippen LogP contribution is 2.36. The zero-order valence-electron chi connectivity index (χ0n) is 17.6. The van der Waals surface area contributed by atoms with Gasteiger partial charge in [0.25, 0.3) is 11.8 Å². The number of benzene rings is 3. The minimum atomic E-state index is -0.342. The van der Waals surface area contributed by atoms with E-state index in [4.69, 9.17) is 0 Å². The molecular formula is C26H24N2O2. The predicted octanol–water partition coefficient (Wildman–Crippen LogP) is 5.32. The van der Waals surface area contributed by atoms with Crippen LogP contribution in [0.4, 0.5) is 11.4 Å². The largest absolute Gasteiger partial charge is 0.350 e. The number of hydrogen-bond acceptors (Lipinski definition) is 3. The number of amides is 2. The molecule has 0 unspecified atom stereocenters. The second-order valence-corrected chi connectivity index (χ2v) is 7.80. The van der Waals surface area contributed by atoms with Crippen molar-refractivity contribution in [3.8, 4) is 0 Å². The molecule has 1 N–H and O–H groups in total. The van der Waals surface area contributed by atoms with Gasteiger partial charge in [0, 0.05) is 5.69 Å². The molecule has 0 bridgehead atoms. The number of nitrogens with one attached hydrogen (secondary N) is 1. The maximum Gasteiger partial charge on any atom is 0.282 e. The van der Waals surface area contributed by atoms with E-state index in [-0.39, 0.29) is 11.8 Å². The molecule has 4 rings (SSSR count). The van der Waals surface area contributed by atoms with Gasteiger partial charge >= 0.3 is 0 Å². The molecule has 0 saturated heterocycles. The third-order valence-corrected chi connectivity index (χ3v) is 5.37. The topological polar surface area (TPSA) is 49.4 Å². The monoisotopic (exact) mass is 396 g/mol. The Kier molecular flexibility index (Phi) is 5.00. The highest BCUT2D eigenvalue weighted by molar-refractivity contribution is 6.46. The Balaban J connectivity index is 1.88. The molecule has 3 aromatic carbocycles. The maximum atomic E-state index is 13.6. The molecule has 0 saturated carbocycles. The number of carbonyl (C=O) groups excluding carboxylic acids is 2. The first-order valence-electron chi connectivity index (χ1n) is 9.97. The van der Waals surface area contributed by atoms with E-state index in [9.17, 15) is 9.59 Å². The SMILES string of the molecule is Cc1ccc(C2=C(Nc3ccccc3)C(=O)N(c3ccc(C)cc3C)C2=O)c(C)c1. The van der Waals surface area contributed by atoms with E-state index in [0.29, 0.717) is 17.0 Å². The Morgan fingerprint density at radius 1 is 0.700 bits per heavy atom. The molecule has 30 heavy (non-hydrogen) atoms. The van der Waals surface area contributed by atoms with Crippen LogP contribution in [0.2, 0.25) is 0 Å². The zero-order chi connectivity index (χ0) is 21.4. The Labute approximate surface area is 176 Å². The predicted molar refractivity (Wildman–Crippen MR) is 121 cm³/mol. The van der Waals surface area contributed by atoms with Crippen LogP contribution in [-0.2, 0) is 9.59 Å². The van der Waals surface area contributed by atoms with Crippen LogP contribution in [0.5, 0.6) is 0 Å². The lowest BCUT2D eigenvalue weighted by atomic mass is 9.97. The van der Waals surface area contributed by atoms with Crippen LogP contribution >= 0.6 is 0 Å². The molecule has 0 radical (unpaired) electrons. The van der Waals surface area contributed by atoms with Crippen molar-refractivity contribution in [2.24, 2.45) is 0 Å². The third-order valence-electron chi connectivity index (χ3n) is 5.37.